The fourth-order valence-corrected chi connectivity index (χ4v) is 5.89. The van der Waals surface area contributed by atoms with E-state index in [9.17, 15) is 17.6 Å². The van der Waals surface area contributed by atoms with Crippen molar-refractivity contribution in [2.75, 3.05) is 25.0 Å². The third-order valence-corrected chi connectivity index (χ3v) is 8.06. The zero-order chi connectivity index (χ0) is 27.7. The molecule has 0 aromatic carbocycles. The van der Waals surface area contributed by atoms with Crippen LogP contribution in [0.5, 0.6) is 5.88 Å². The second-order valence-corrected chi connectivity index (χ2v) is 10.9. The number of hydrogen-bond donors (Lipinski definition) is 1. The molecule has 3 aromatic heterocycles. The minimum atomic E-state index is -4.80. The first kappa shape index (κ1) is 27.6. The predicted octanol–water partition coefficient (Wildman–Crippen LogP) is 6.57. The molecule has 7 nitrogen and oxygen atoms in total. The standard InChI is InChI=1S/C28H36F4N6O/c1-4-33-24-15-23-21(16-35-24)26(18-10-13-37(14-11-18)17(2)3)36-38(23)19-5-7-20(8-6-19)39-27-25(29)22(9-12-34-27)28(30,31)32/h9,12,15-20H,4-8,10-11,13-14H2,1-3H3,(H,33,35). The zero-order valence-corrected chi connectivity index (χ0v) is 22.6. The number of anilines is 1. The third kappa shape index (κ3) is 5.83. The lowest BCUT2D eigenvalue weighted by molar-refractivity contribution is -0.140. The molecule has 11 heteroatoms. The molecular formula is C28H36F4N6O. The van der Waals surface area contributed by atoms with E-state index in [4.69, 9.17) is 9.84 Å². The Kier molecular flexibility index (Phi) is 7.98. The van der Waals surface area contributed by atoms with Gasteiger partial charge in [0.2, 0.25) is 0 Å². The summed E-state index contributed by atoms with van der Waals surface area (Å²) in [5.41, 5.74) is 0.774. The lowest BCUT2D eigenvalue weighted by atomic mass is 9.91. The number of alkyl halides is 3. The van der Waals surface area contributed by atoms with Gasteiger partial charge in [-0.2, -0.15) is 18.3 Å². The van der Waals surface area contributed by atoms with Gasteiger partial charge in [-0.25, -0.2) is 14.4 Å². The molecule has 4 heterocycles. The lowest BCUT2D eigenvalue weighted by Gasteiger charge is -2.34. The van der Waals surface area contributed by atoms with Gasteiger partial charge in [-0.15, -0.1) is 0 Å². The first-order chi connectivity index (χ1) is 18.7. The van der Waals surface area contributed by atoms with Gasteiger partial charge in [0.05, 0.1) is 22.8 Å². The largest absolute Gasteiger partial charge is 0.472 e. The fraction of sp³-hybridized carbons (Fsp3) is 0.607. The number of piperidine rings is 1. The first-order valence-electron chi connectivity index (χ1n) is 13.9. The topological polar surface area (TPSA) is 68.1 Å². The number of rotatable bonds is 7. The minimum absolute atomic E-state index is 0.105. The van der Waals surface area contributed by atoms with E-state index in [0.29, 0.717) is 43.7 Å². The van der Waals surface area contributed by atoms with Crippen LogP contribution in [0.4, 0.5) is 23.4 Å². The van der Waals surface area contributed by atoms with Crippen molar-refractivity contribution in [1.82, 2.24) is 24.6 Å². The molecule has 0 amide bonds. The normalized spacial score (nSPS) is 21.5. The van der Waals surface area contributed by atoms with Crippen molar-refractivity contribution in [3.8, 4) is 5.88 Å². The molecule has 212 valence electrons. The number of nitrogens with zero attached hydrogens (tertiary/aromatic N) is 5. The van der Waals surface area contributed by atoms with Gasteiger partial charge in [-0.3, -0.25) is 4.68 Å². The van der Waals surface area contributed by atoms with E-state index in [2.05, 4.69) is 44.8 Å². The van der Waals surface area contributed by atoms with E-state index in [1.807, 2.05) is 13.1 Å². The van der Waals surface area contributed by atoms with Crippen molar-refractivity contribution in [2.45, 2.75) is 89.6 Å². The maximum Gasteiger partial charge on any atom is 0.419 e. The van der Waals surface area contributed by atoms with Crippen molar-refractivity contribution >= 4 is 16.7 Å². The summed E-state index contributed by atoms with van der Waals surface area (Å²) in [6.07, 6.45) is 2.32. The van der Waals surface area contributed by atoms with Crippen LogP contribution in [-0.2, 0) is 6.18 Å². The predicted molar refractivity (Wildman–Crippen MR) is 141 cm³/mol. The van der Waals surface area contributed by atoms with Gasteiger partial charge in [-0.05, 0) is 78.5 Å². The highest BCUT2D eigenvalue weighted by Crippen LogP contribution is 2.39. The molecule has 1 aliphatic heterocycles. The molecule has 0 unspecified atom stereocenters. The molecule has 0 spiro atoms. The number of nitrogens with one attached hydrogen (secondary N) is 1. The third-order valence-electron chi connectivity index (χ3n) is 8.06. The van der Waals surface area contributed by atoms with Crippen LogP contribution in [0.3, 0.4) is 0 Å². The number of ether oxygens (including phenoxy) is 1. The average molecular weight is 549 g/mol. The van der Waals surface area contributed by atoms with Crippen LogP contribution in [0.25, 0.3) is 10.9 Å². The smallest absolute Gasteiger partial charge is 0.419 e. The summed E-state index contributed by atoms with van der Waals surface area (Å²) in [6, 6.07) is 3.32. The molecule has 3 aromatic rings. The molecule has 1 saturated heterocycles. The van der Waals surface area contributed by atoms with Crippen molar-refractivity contribution in [1.29, 1.82) is 0 Å². The Morgan fingerprint density at radius 1 is 1.08 bits per heavy atom. The number of pyridine rings is 2. The molecular weight excluding hydrogens is 512 g/mol. The summed E-state index contributed by atoms with van der Waals surface area (Å²) in [5, 5.41) is 9.53. The average Bonchev–Trinajstić information content (AvgIpc) is 3.29. The van der Waals surface area contributed by atoms with Gasteiger partial charge in [0.25, 0.3) is 5.88 Å². The second kappa shape index (κ2) is 11.3. The monoisotopic (exact) mass is 548 g/mol. The Labute approximate surface area is 225 Å². The number of likely N-dealkylation sites (tertiary alicyclic amines) is 1. The van der Waals surface area contributed by atoms with Crippen LogP contribution < -0.4 is 10.1 Å². The molecule has 0 bridgehead atoms. The maximum absolute atomic E-state index is 14.5. The van der Waals surface area contributed by atoms with Gasteiger partial charge in [-0.1, -0.05) is 0 Å². The quantitative estimate of drug-likeness (QED) is 0.337. The zero-order valence-electron chi connectivity index (χ0n) is 22.6. The van der Waals surface area contributed by atoms with E-state index in [1.165, 1.54) is 0 Å². The van der Waals surface area contributed by atoms with Gasteiger partial charge >= 0.3 is 6.18 Å². The summed E-state index contributed by atoms with van der Waals surface area (Å²) < 4.78 is 61.5. The molecule has 2 aliphatic rings. The molecule has 1 saturated carbocycles. The van der Waals surface area contributed by atoms with Crippen LogP contribution in [0.1, 0.15) is 82.5 Å². The summed E-state index contributed by atoms with van der Waals surface area (Å²) in [6.45, 7) is 9.34. The van der Waals surface area contributed by atoms with Crippen LogP contribution in [0, 0.1) is 5.82 Å². The summed E-state index contributed by atoms with van der Waals surface area (Å²) >= 11 is 0. The maximum atomic E-state index is 14.5. The van der Waals surface area contributed by atoms with E-state index in [-0.39, 0.29) is 6.04 Å². The molecule has 0 atom stereocenters. The number of halogens is 4. The molecule has 1 N–H and O–H groups in total. The van der Waals surface area contributed by atoms with E-state index >= 15 is 0 Å². The van der Waals surface area contributed by atoms with Crippen molar-refractivity contribution in [3.05, 3.63) is 41.6 Å². The highest BCUT2D eigenvalue weighted by atomic mass is 19.4. The fourth-order valence-electron chi connectivity index (χ4n) is 5.89. The second-order valence-electron chi connectivity index (χ2n) is 10.9. The van der Waals surface area contributed by atoms with Gasteiger partial charge < -0.3 is 15.0 Å². The van der Waals surface area contributed by atoms with E-state index in [1.54, 1.807) is 0 Å². The Morgan fingerprint density at radius 3 is 2.44 bits per heavy atom. The highest BCUT2D eigenvalue weighted by molar-refractivity contribution is 5.84. The summed E-state index contributed by atoms with van der Waals surface area (Å²) in [5.74, 6) is -0.878. The van der Waals surface area contributed by atoms with Crippen LogP contribution >= 0.6 is 0 Å². The van der Waals surface area contributed by atoms with Crippen LogP contribution in [0.2, 0.25) is 0 Å². The highest BCUT2D eigenvalue weighted by Gasteiger charge is 2.37. The lowest BCUT2D eigenvalue weighted by Crippen LogP contribution is -2.38. The Morgan fingerprint density at radius 2 is 1.79 bits per heavy atom. The summed E-state index contributed by atoms with van der Waals surface area (Å²) in [4.78, 5) is 10.9. The molecule has 39 heavy (non-hydrogen) atoms. The molecule has 1 aliphatic carbocycles. The molecule has 0 radical (unpaired) electrons. The van der Waals surface area contributed by atoms with Crippen LogP contribution in [0.15, 0.2) is 24.5 Å². The van der Waals surface area contributed by atoms with Crippen molar-refractivity contribution < 1.29 is 22.3 Å². The molecule has 5 rings (SSSR count). The SMILES string of the molecule is CCNc1cc2c(cn1)c(C1CCN(C(C)C)CC1)nn2C1CCC(Oc2nccc(C(F)(F)F)c2F)CC1. The Balaban J connectivity index is 1.34. The first-order valence-corrected chi connectivity index (χ1v) is 13.9. The minimum Gasteiger partial charge on any atom is -0.472 e. The van der Waals surface area contributed by atoms with Crippen molar-refractivity contribution in [3.63, 3.8) is 0 Å². The van der Waals surface area contributed by atoms with E-state index in [0.717, 1.165) is 61.1 Å². The summed E-state index contributed by atoms with van der Waals surface area (Å²) in [7, 11) is 0. The van der Waals surface area contributed by atoms with Crippen molar-refractivity contribution in [2.24, 2.45) is 0 Å². The number of fused-ring (bicyclic) bond motifs is 1. The van der Waals surface area contributed by atoms with E-state index < -0.39 is 29.5 Å². The van der Waals surface area contributed by atoms with Gasteiger partial charge in [0, 0.05) is 42.4 Å². The Bertz CT molecular complexity index is 1280. The number of hydrogen-bond acceptors (Lipinski definition) is 6. The Hall–Kier alpha value is -2.95. The number of aromatic nitrogens is 4. The van der Waals surface area contributed by atoms with Crippen LogP contribution in [-0.4, -0.2) is 56.4 Å². The van der Waals surface area contributed by atoms with Gasteiger partial charge in [0.1, 0.15) is 11.9 Å². The molecule has 2 fully saturated rings. The van der Waals surface area contributed by atoms with Gasteiger partial charge in [0.15, 0.2) is 5.82 Å².